The molecular weight excluding hydrogens is 342 g/mol. The van der Waals surface area contributed by atoms with Crippen LogP contribution in [0.5, 0.6) is 0 Å². The monoisotopic (exact) mass is 361 g/mol. The predicted molar refractivity (Wildman–Crippen MR) is 97.7 cm³/mol. The highest BCUT2D eigenvalue weighted by atomic mass is 16.2. The van der Waals surface area contributed by atoms with Crippen LogP contribution in [0.3, 0.4) is 0 Å². The minimum atomic E-state index is -0.581. The zero-order valence-electron chi connectivity index (χ0n) is 14.8. The van der Waals surface area contributed by atoms with E-state index in [0.717, 1.165) is 16.8 Å². The number of amides is 3. The zero-order valence-corrected chi connectivity index (χ0v) is 14.8. The third kappa shape index (κ3) is 2.81. The first-order valence-corrected chi connectivity index (χ1v) is 9.34. The molecule has 3 aliphatic rings. The molecule has 1 saturated carbocycles. The molecule has 27 heavy (non-hydrogen) atoms. The molecule has 0 radical (unpaired) electrons. The van der Waals surface area contributed by atoms with Gasteiger partial charge < -0.3 is 4.90 Å². The molecule has 2 aromatic rings. The van der Waals surface area contributed by atoms with Gasteiger partial charge in [0.15, 0.2) is 0 Å². The number of imide groups is 1. The number of aromatic nitrogens is 1. The summed E-state index contributed by atoms with van der Waals surface area (Å²) in [4.78, 5) is 42.4. The molecule has 1 unspecified atom stereocenters. The number of hydrogen-bond donors (Lipinski definition) is 1. The van der Waals surface area contributed by atoms with E-state index in [4.69, 9.17) is 0 Å². The van der Waals surface area contributed by atoms with Crippen LogP contribution >= 0.6 is 0 Å². The van der Waals surface area contributed by atoms with Gasteiger partial charge in [-0.3, -0.25) is 24.7 Å². The first-order valence-electron chi connectivity index (χ1n) is 9.34. The van der Waals surface area contributed by atoms with Gasteiger partial charge in [0.25, 0.3) is 5.91 Å². The average molecular weight is 361 g/mol. The van der Waals surface area contributed by atoms with Crippen molar-refractivity contribution >= 4 is 17.7 Å². The summed E-state index contributed by atoms with van der Waals surface area (Å²) < 4.78 is 0. The third-order valence-corrected chi connectivity index (χ3v) is 5.65. The molecule has 1 atom stereocenters. The largest absolute Gasteiger partial charge is 0.322 e. The molecule has 0 bridgehead atoms. The SMILES string of the molecule is O=C1CCC(N2Cc3cc(-c4ccc(C5CC5)cn4)ccc3C2=O)C(=O)N1. The van der Waals surface area contributed by atoms with Crippen LogP contribution in [-0.4, -0.2) is 33.6 Å². The number of pyridine rings is 1. The molecule has 1 aliphatic carbocycles. The van der Waals surface area contributed by atoms with Crippen molar-refractivity contribution in [3.8, 4) is 11.3 Å². The Bertz CT molecular complexity index is 963. The Balaban J connectivity index is 1.40. The Morgan fingerprint density at radius 1 is 1.04 bits per heavy atom. The molecule has 3 amide bonds. The Morgan fingerprint density at radius 2 is 1.89 bits per heavy atom. The van der Waals surface area contributed by atoms with Crippen LogP contribution in [0.1, 0.15) is 53.1 Å². The molecule has 2 fully saturated rings. The van der Waals surface area contributed by atoms with Crippen LogP contribution in [0.15, 0.2) is 36.5 Å². The van der Waals surface area contributed by atoms with Crippen molar-refractivity contribution in [2.75, 3.05) is 0 Å². The lowest BCUT2D eigenvalue weighted by Crippen LogP contribution is -2.52. The minimum Gasteiger partial charge on any atom is -0.322 e. The van der Waals surface area contributed by atoms with Crippen molar-refractivity contribution in [1.82, 2.24) is 15.2 Å². The second kappa shape index (κ2) is 6.01. The van der Waals surface area contributed by atoms with Crippen LogP contribution in [0.4, 0.5) is 0 Å². The summed E-state index contributed by atoms with van der Waals surface area (Å²) in [7, 11) is 0. The fraction of sp³-hybridized carbons (Fsp3) is 0.333. The number of benzene rings is 1. The van der Waals surface area contributed by atoms with E-state index in [2.05, 4.69) is 16.4 Å². The van der Waals surface area contributed by atoms with Gasteiger partial charge in [0.2, 0.25) is 11.8 Å². The van der Waals surface area contributed by atoms with E-state index in [9.17, 15) is 14.4 Å². The Kier molecular flexibility index (Phi) is 3.60. The van der Waals surface area contributed by atoms with Gasteiger partial charge in [0.05, 0.1) is 5.69 Å². The summed E-state index contributed by atoms with van der Waals surface area (Å²) in [6.45, 7) is 0.383. The second-order valence-corrected chi connectivity index (χ2v) is 7.52. The minimum absolute atomic E-state index is 0.150. The standard InChI is InChI=1S/C21H19N3O3/c25-19-8-7-18(20(26)23-19)24-11-15-9-13(3-5-16(15)21(24)27)17-6-4-14(10-22-17)12-1-2-12/h3-6,9-10,12,18H,1-2,7-8,11H2,(H,23,25,26). The van der Waals surface area contributed by atoms with Crippen molar-refractivity contribution in [3.05, 3.63) is 53.2 Å². The number of carbonyl (C=O) groups excluding carboxylic acids is 3. The van der Waals surface area contributed by atoms with Gasteiger partial charge in [0, 0.05) is 30.3 Å². The number of carbonyl (C=O) groups is 3. The second-order valence-electron chi connectivity index (χ2n) is 7.52. The zero-order chi connectivity index (χ0) is 18.5. The van der Waals surface area contributed by atoms with E-state index in [1.165, 1.54) is 18.4 Å². The van der Waals surface area contributed by atoms with Gasteiger partial charge in [-0.25, -0.2) is 0 Å². The number of piperidine rings is 1. The molecule has 6 nitrogen and oxygen atoms in total. The van der Waals surface area contributed by atoms with Gasteiger partial charge in [-0.1, -0.05) is 12.1 Å². The normalized spacial score (nSPS) is 22.0. The van der Waals surface area contributed by atoms with E-state index in [-0.39, 0.29) is 24.1 Å². The fourth-order valence-electron chi connectivity index (χ4n) is 3.97. The molecule has 5 rings (SSSR count). The van der Waals surface area contributed by atoms with E-state index in [1.54, 1.807) is 4.90 Å². The van der Waals surface area contributed by atoms with Crippen LogP contribution in [0.25, 0.3) is 11.3 Å². The van der Waals surface area contributed by atoms with E-state index in [0.29, 0.717) is 24.4 Å². The van der Waals surface area contributed by atoms with Crippen molar-refractivity contribution in [2.24, 2.45) is 0 Å². The van der Waals surface area contributed by atoms with Gasteiger partial charge in [-0.15, -0.1) is 0 Å². The Labute approximate surface area is 156 Å². The van der Waals surface area contributed by atoms with Crippen LogP contribution in [0, 0.1) is 0 Å². The highest BCUT2D eigenvalue weighted by Gasteiger charge is 2.39. The third-order valence-electron chi connectivity index (χ3n) is 5.65. The lowest BCUT2D eigenvalue weighted by molar-refractivity contribution is -0.136. The van der Waals surface area contributed by atoms with E-state index < -0.39 is 6.04 Å². The molecule has 1 aromatic carbocycles. The molecule has 0 spiro atoms. The van der Waals surface area contributed by atoms with Crippen molar-refractivity contribution in [2.45, 2.75) is 44.2 Å². The summed E-state index contributed by atoms with van der Waals surface area (Å²) >= 11 is 0. The Morgan fingerprint density at radius 3 is 2.59 bits per heavy atom. The summed E-state index contributed by atoms with van der Waals surface area (Å²) in [5.41, 5.74) is 4.66. The van der Waals surface area contributed by atoms with Crippen LogP contribution < -0.4 is 5.32 Å². The van der Waals surface area contributed by atoms with Gasteiger partial charge in [-0.05, 0) is 54.5 Å². The molecule has 1 aromatic heterocycles. The highest BCUT2D eigenvalue weighted by Crippen LogP contribution is 2.40. The maximum absolute atomic E-state index is 12.7. The summed E-state index contributed by atoms with van der Waals surface area (Å²) in [5.74, 6) is -0.136. The quantitative estimate of drug-likeness (QED) is 0.852. The number of fused-ring (bicyclic) bond motifs is 1. The highest BCUT2D eigenvalue weighted by molar-refractivity contribution is 6.05. The first-order chi connectivity index (χ1) is 13.1. The fourth-order valence-corrected chi connectivity index (χ4v) is 3.97. The molecule has 1 N–H and O–H groups in total. The summed E-state index contributed by atoms with van der Waals surface area (Å²) in [6, 6.07) is 9.29. The number of nitrogens with zero attached hydrogens (tertiary/aromatic N) is 2. The smallest absolute Gasteiger partial charge is 0.255 e. The first kappa shape index (κ1) is 16.2. The van der Waals surface area contributed by atoms with E-state index >= 15 is 0 Å². The maximum atomic E-state index is 12.7. The molecule has 1 saturated heterocycles. The topological polar surface area (TPSA) is 79.4 Å². The number of nitrogens with one attached hydrogen (secondary N) is 1. The van der Waals surface area contributed by atoms with Gasteiger partial charge >= 0.3 is 0 Å². The summed E-state index contributed by atoms with van der Waals surface area (Å²) in [5, 5.41) is 2.33. The average Bonchev–Trinajstić information content (AvgIpc) is 3.47. The number of rotatable bonds is 3. The van der Waals surface area contributed by atoms with E-state index in [1.807, 2.05) is 30.5 Å². The molecule has 6 heteroatoms. The van der Waals surface area contributed by atoms with Crippen molar-refractivity contribution in [3.63, 3.8) is 0 Å². The molecular formula is C21H19N3O3. The van der Waals surface area contributed by atoms with Gasteiger partial charge in [-0.2, -0.15) is 0 Å². The lowest BCUT2D eigenvalue weighted by atomic mass is 10.0. The lowest BCUT2D eigenvalue weighted by Gasteiger charge is -2.29. The molecule has 2 aliphatic heterocycles. The number of hydrogen-bond acceptors (Lipinski definition) is 4. The Hall–Kier alpha value is -3.02. The molecule has 136 valence electrons. The molecule has 3 heterocycles. The van der Waals surface area contributed by atoms with Crippen molar-refractivity contribution < 1.29 is 14.4 Å². The summed E-state index contributed by atoms with van der Waals surface area (Å²) in [6.07, 6.45) is 5.08. The maximum Gasteiger partial charge on any atom is 0.255 e. The van der Waals surface area contributed by atoms with Gasteiger partial charge in [0.1, 0.15) is 6.04 Å². The predicted octanol–water partition coefficient (Wildman–Crippen LogP) is 2.39. The van der Waals surface area contributed by atoms with Crippen molar-refractivity contribution in [1.29, 1.82) is 0 Å². The van der Waals surface area contributed by atoms with Crippen LogP contribution in [-0.2, 0) is 16.1 Å². The van der Waals surface area contributed by atoms with Crippen LogP contribution in [0.2, 0.25) is 0 Å².